The fourth-order valence-electron chi connectivity index (χ4n) is 2.10. The highest BCUT2D eigenvalue weighted by molar-refractivity contribution is 6.10. The van der Waals surface area contributed by atoms with Crippen molar-refractivity contribution in [2.24, 2.45) is 0 Å². The Morgan fingerprint density at radius 1 is 0.950 bits per heavy atom. The smallest absolute Gasteiger partial charge is 0.196 e. The first kappa shape index (κ1) is 14.1. The topological polar surface area (TPSA) is 57.5 Å². The van der Waals surface area contributed by atoms with Gasteiger partial charge in [0.05, 0.1) is 5.56 Å². The molecule has 0 heterocycles. The number of benzene rings is 2. The Labute approximate surface area is 118 Å². The van der Waals surface area contributed by atoms with Crippen LogP contribution in [-0.4, -0.2) is 16.0 Å². The molecule has 2 aromatic carbocycles. The molecule has 0 aliphatic rings. The Bertz CT molecular complexity index is 634. The maximum Gasteiger partial charge on any atom is 0.196 e. The zero-order valence-electron chi connectivity index (χ0n) is 11.8. The molecule has 3 nitrogen and oxygen atoms in total. The number of phenolic OH excluding ortho intramolecular Hbond substituents is 2. The monoisotopic (exact) mass is 270 g/mol. The maximum atomic E-state index is 12.4. The summed E-state index contributed by atoms with van der Waals surface area (Å²) in [6.07, 6.45) is 0. The Balaban J connectivity index is 2.48. The predicted octanol–water partition coefficient (Wildman–Crippen LogP) is 3.63. The van der Waals surface area contributed by atoms with Crippen molar-refractivity contribution in [3.8, 4) is 11.5 Å². The molecule has 0 saturated carbocycles. The fraction of sp³-hybridized carbons (Fsp3) is 0.235. The van der Waals surface area contributed by atoms with Crippen LogP contribution in [-0.2, 0) is 5.41 Å². The fourth-order valence-corrected chi connectivity index (χ4v) is 2.10. The number of hydrogen-bond donors (Lipinski definition) is 2. The molecule has 104 valence electrons. The van der Waals surface area contributed by atoms with E-state index in [0.29, 0.717) is 5.56 Å². The van der Waals surface area contributed by atoms with Gasteiger partial charge in [-0.25, -0.2) is 0 Å². The summed E-state index contributed by atoms with van der Waals surface area (Å²) in [7, 11) is 0. The molecule has 0 aromatic heterocycles. The molecule has 3 heteroatoms. The molecule has 0 radical (unpaired) electrons. The molecule has 0 atom stereocenters. The van der Waals surface area contributed by atoms with Crippen LogP contribution in [0.25, 0.3) is 0 Å². The van der Waals surface area contributed by atoms with Crippen molar-refractivity contribution in [2.45, 2.75) is 26.2 Å². The number of carbonyl (C=O) groups excluding carboxylic acids is 1. The first-order chi connectivity index (χ1) is 9.30. The number of carbonyl (C=O) groups is 1. The summed E-state index contributed by atoms with van der Waals surface area (Å²) in [5, 5.41) is 19.6. The van der Waals surface area contributed by atoms with Gasteiger partial charge < -0.3 is 10.2 Å². The third-order valence-corrected chi connectivity index (χ3v) is 3.22. The Morgan fingerprint density at radius 3 is 2.10 bits per heavy atom. The van der Waals surface area contributed by atoms with Crippen LogP contribution < -0.4 is 0 Å². The SMILES string of the molecule is CC(C)(C)c1cccc(C(=O)c2ccc(O)cc2)c1O. The highest BCUT2D eigenvalue weighted by atomic mass is 16.3. The molecule has 0 unspecified atom stereocenters. The van der Waals surface area contributed by atoms with Crippen molar-refractivity contribution in [1.82, 2.24) is 0 Å². The van der Waals surface area contributed by atoms with Crippen LogP contribution in [0.3, 0.4) is 0 Å². The van der Waals surface area contributed by atoms with Gasteiger partial charge in [0.1, 0.15) is 11.5 Å². The molecule has 0 amide bonds. The normalized spacial score (nSPS) is 11.3. The van der Waals surface area contributed by atoms with Crippen LogP contribution in [0.2, 0.25) is 0 Å². The van der Waals surface area contributed by atoms with E-state index in [2.05, 4.69) is 0 Å². The third-order valence-electron chi connectivity index (χ3n) is 3.22. The van der Waals surface area contributed by atoms with Crippen LogP contribution >= 0.6 is 0 Å². The Morgan fingerprint density at radius 2 is 1.55 bits per heavy atom. The largest absolute Gasteiger partial charge is 0.508 e. The average molecular weight is 270 g/mol. The average Bonchev–Trinajstić information content (AvgIpc) is 2.37. The van der Waals surface area contributed by atoms with Gasteiger partial charge in [-0.3, -0.25) is 4.79 Å². The molecule has 0 bridgehead atoms. The summed E-state index contributed by atoms with van der Waals surface area (Å²) in [5.74, 6) is -0.124. The first-order valence-corrected chi connectivity index (χ1v) is 6.47. The second-order valence-corrected chi connectivity index (χ2v) is 5.83. The van der Waals surface area contributed by atoms with Gasteiger partial charge in [-0.1, -0.05) is 32.9 Å². The van der Waals surface area contributed by atoms with Gasteiger partial charge in [0.15, 0.2) is 5.78 Å². The molecule has 0 spiro atoms. The summed E-state index contributed by atoms with van der Waals surface area (Å²) in [6, 6.07) is 11.2. The van der Waals surface area contributed by atoms with E-state index in [0.717, 1.165) is 5.56 Å². The van der Waals surface area contributed by atoms with Crippen molar-refractivity contribution in [3.05, 3.63) is 59.2 Å². The van der Waals surface area contributed by atoms with Crippen LogP contribution in [0.5, 0.6) is 11.5 Å². The molecule has 2 aromatic rings. The molecule has 0 saturated heterocycles. The molecule has 0 aliphatic carbocycles. The quantitative estimate of drug-likeness (QED) is 0.819. The molecule has 2 rings (SSSR count). The van der Waals surface area contributed by atoms with Gasteiger partial charge in [-0.2, -0.15) is 0 Å². The van der Waals surface area contributed by atoms with Gasteiger partial charge >= 0.3 is 0 Å². The minimum absolute atomic E-state index is 0.0260. The minimum Gasteiger partial charge on any atom is -0.508 e. The number of para-hydroxylation sites is 1. The van der Waals surface area contributed by atoms with Crippen molar-refractivity contribution in [1.29, 1.82) is 0 Å². The lowest BCUT2D eigenvalue weighted by Gasteiger charge is -2.21. The molecular formula is C17H18O3. The zero-order chi connectivity index (χ0) is 14.9. The van der Waals surface area contributed by atoms with E-state index in [1.165, 1.54) is 12.1 Å². The van der Waals surface area contributed by atoms with E-state index in [1.807, 2.05) is 26.8 Å². The number of rotatable bonds is 2. The minimum atomic E-state index is -0.256. The summed E-state index contributed by atoms with van der Waals surface area (Å²) in [5.41, 5.74) is 1.21. The van der Waals surface area contributed by atoms with E-state index in [1.54, 1.807) is 24.3 Å². The molecule has 0 fully saturated rings. The molecule has 2 N–H and O–H groups in total. The van der Waals surface area contributed by atoms with E-state index < -0.39 is 0 Å². The first-order valence-electron chi connectivity index (χ1n) is 6.47. The van der Waals surface area contributed by atoms with E-state index in [9.17, 15) is 15.0 Å². The van der Waals surface area contributed by atoms with Gasteiger partial charge in [0.2, 0.25) is 0 Å². The van der Waals surface area contributed by atoms with E-state index in [4.69, 9.17) is 0 Å². The lowest BCUT2D eigenvalue weighted by molar-refractivity contribution is 0.103. The van der Waals surface area contributed by atoms with Gasteiger partial charge in [0, 0.05) is 5.56 Å². The van der Waals surface area contributed by atoms with Crippen molar-refractivity contribution in [2.75, 3.05) is 0 Å². The maximum absolute atomic E-state index is 12.4. The number of phenols is 2. The Hall–Kier alpha value is -2.29. The Kier molecular flexibility index (Phi) is 3.53. The summed E-state index contributed by atoms with van der Waals surface area (Å²) in [4.78, 5) is 12.4. The van der Waals surface area contributed by atoms with Crippen molar-refractivity contribution in [3.63, 3.8) is 0 Å². The van der Waals surface area contributed by atoms with Crippen LogP contribution in [0, 0.1) is 0 Å². The van der Waals surface area contributed by atoms with Crippen LogP contribution in [0.4, 0.5) is 0 Å². The van der Waals surface area contributed by atoms with Crippen LogP contribution in [0.1, 0.15) is 42.3 Å². The predicted molar refractivity (Wildman–Crippen MR) is 78.3 cm³/mol. The summed E-state index contributed by atoms with van der Waals surface area (Å²) >= 11 is 0. The highest BCUT2D eigenvalue weighted by Crippen LogP contribution is 2.34. The van der Waals surface area contributed by atoms with Gasteiger partial charge in [0.25, 0.3) is 0 Å². The van der Waals surface area contributed by atoms with E-state index in [-0.39, 0.29) is 28.3 Å². The van der Waals surface area contributed by atoms with Gasteiger partial charge in [-0.05, 0) is 41.3 Å². The number of aromatic hydroxyl groups is 2. The van der Waals surface area contributed by atoms with E-state index >= 15 is 0 Å². The highest BCUT2D eigenvalue weighted by Gasteiger charge is 2.22. The van der Waals surface area contributed by atoms with Gasteiger partial charge in [-0.15, -0.1) is 0 Å². The second kappa shape index (κ2) is 5.00. The molecule has 20 heavy (non-hydrogen) atoms. The van der Waals surface area contributed by atoms with Crippen molar-refractivity contribution < 1.29 is 15.0 Å². The zero-order valence-corrected chi connectivity index (χ0v) is 11.8. The second-order valence-electron chi connectivity index (χ2n) is 5.83. The van der Waals surface area contributed by atoms with Crippen LogP contribution in [0.15, 0.2) is 42.5 Å². The molecule has 0 aliphatic heterocycles. The number of ketones is 1. The summed E-state index contributed by atoms with van der Waals surface area (Å²) < 4.78 is 0. The molecular weight excluding hydrogens is 252 g/mol. The lowest BCUT2D eigenvalue weighted by atomic mass is 9.84. The third kappa shape index (κ3) is 2.67. The van der Waals surface area contributed by atoms with Crippen molar-refractivity contribution >= 4 is 5.78 Å². The number of hydrogen-bond acceptors (Lipinski definition) is 3. The standard InChI is InChI=1S/C17H18O3/c1-17(2,3)14-6-4-5-13(16(14)20)15(19)11-7-9-12(18)10-8-11/h4-10,18,20H,1-3H3. The lowest BCUT2D eigenvalue weighted by Crippen LogP contribution is -2.13. The summed E-state index contributed by atoms with van der Waals surface area (Å²) in [6.45, 7) is 5.95.